The third kappa shape index (κ3) is 3.83. The zero-order valence-corrected chi connectivity index (χ0v) is 14.2. The third-order valence-electron chi connectivity index (χ3n) is 4.20. The molecular weight excluding hydrogens is 298 g/mol. The van der Waals surface area contributed by atoms with Gasteiger partial charge in [-0.1, -0.05) is 6.92 Å². The summed E-state index contributed by atoms with van der Waals surface area (Å²) < 4.78 is 0. The second-order valence-electron chi connectivity index (χ2n) is 5.85. The Balaban J connectivity index is 2.12. The molecule has 1 fully saturated rings. The van der Waals surface area contributed by atoms with Crippen LogP contribution in [0.5, 0.6) is 0 Å². The van der Waals surface area contributed by atoms with Gasteiger partial charge in [-0.15, -0.1) is 0 Å². The summed E-state index contributed by atoms with van der Waals surface area (Å²) in [5.74, 6) is 0.0218. The summed E-state index contributed by atoms with van der Waals surface area (Å²) in [5.41, 5.74) is 1.43. The number of carbonyl (C=O) groups is 2. The quantitative estimate of drug-likeness (QED) is 0.902. The largest absolute Gasteiger partial charge is 0.478 e. The molecule has 1 amide bonds. The number of carboxylic acids is 1. The Morgan fingerprint density at radius 3 is 2.59 bits per heavy atom. The summed E-state index contributed by atoms with van der Waals surface area (Å²) in [6.07, 6.45) is 3.20. The number of rotatable bonds is 5. The molecule has 1 aromatic rings. The number of hydrogen-bond acceptors (Lipinski definition) is 3. The van der Waals surface area contributed by atoms with Gasteiger partial charge in [0.25, 0.3) is 5.91 Å². The summed E-state index contributed by atoms with van der Waals surface area (Å²) >= 11 is 1.96. The highest BCUT2D eigenvalue weighted by Crippen LogP contribution is 2.32. The van der Waals surface area contributed by atoms with Crippen LogP contribution in [0.4, 0.5) is 0 Å². The monoisotopic (exact) mass is 321 g/mol. The van der Waals surface area contributed by atoms with E-state index in [1.54, 1.807) is 17.0 Å². The number of aryl methyl sites for hydroxylation is 1. The second kappa shape index (κ2) is 7.18. The molecule has 22 heavy (non-hydrogen) atoms. The molecule has 1 aromatic carbocycles. The first-order valence-corrected chi connectivity index (χ1v) is 8.71. The van der Waals surface area contributed by atoms with Crippen molar-refractivity contribution in [3.05, 3.63) is 34.9 Å². The molecule has 0 bridgehead atoms. The van der Waals surface area contributed by atoms with Crippen molar-refractivity contribution in [1.82, 2.24) is 4.90 Å². The van der Waals surface area contributed by atoms with Crippen molar-refractivity contribution >= 4 is 23.6 Å². The van der Waals surface area contributed by atoms with Gasteiger partial charge in [-0.05, 0) is 55.7 Å². The molecule has 2 rings (SSSR count). The van der Waals surface area contributed by atoms with Crippen molar-refractivity contribution in [3.8, 4) is 0 Å². The number of aromatic carboxylic acids is 1. The molecule has 2 atom stereocenters. The smallest absolute Gasteiger partial charge is 0.335 e. The lowest BCUT2D eigenvalue weighted by atomic mass is 10.0. The molecule has 1 aliphatic carbocycles. The first-order valence-electron chi connectivity index (χ1n) is 7.66. The van der Waals surface area contributed by atoms with Crippen LogP contribution in [0.1, 0.15) is 52.5 Å². The molecule has 0 heterocycles. The Bertz CT molecular complexity index is 573. The SMILES string of the molecule is CCSC1CCC(N(C)C(=O)c2cc(C)cc(C(=O)O)c2)C1. The summed E-state index contributed by atoms with van der Waals surface area (Å²) in [6, 6.07) is 5.08. The molecule has 0 radical (unpaired) electrons. The summed E-state index contributed by atoms with van der Waals surface area (Å²) in [4.78, 5) is 25.6. The molecule has 4 nitrogen and oxygen atoms in total. The Labute approximate surface area is 135 Å². The van der Waals surface area contributed by atoms with Crippen LogP contribution in [0.15, 0.2) is 18.2 Å². The van der Waals surface area contributed by atoms with Crippen LogP contribution >= 0.6 is 11.8 Å². The Morgan fingerprint density at radius 1 is 1.27 bits per heavy atom. The van der Waals surface area contributed by atoms with Gasteiger partial charge < -0.3 is 10.0 Å². The van der Waals surface area contributed by atoms with Crippen molar-refractivity contribution in [3.63, 3.8) is 0 Å². The van der Waals surface area contributed by atoms with E-state index in [1.807, 2.05) is 25.7 Å². The summed E-state index contributed by atoms with van der Waals surface area (Å²) in [5, 5.41) is 9.77. The maximum absolute atomic E-state index is 12.6. The number of carbonyl (C=O) groups excluding carboxylic acids is 1. The minimum Gasteiger partial charge on any atom is -0.478 e. The van der Waals surface area contributed by atoms with Crippen LogP contribution in [-0.4, -0.2) is 46.0 Å². The van der Waals surface area contributed by atoms with Crippen molar-refractivity contribution in [1.29, 1.82) is 0 Å². The minimum absolute atomic E-state index is 0.0849. The Hall–Kier alpha value is -1.49. The predicted octanol–water partition coefficient (Wildman–Crippen LogP) is 3.44. The van der Waals surface area contributed by atoms with Gasteiger partial charge in [0.1, 0.15) is 0 Å². The van der Waals surface area contributed by atoms with E-state index < -0.39 is 5.97 Å². The minimum atomic E-state index is -0.999. The topological polar surface area (TPSA) is 57.6 Å². The van der Waals surface area contributed by atoms with Crippen molar-refractivity contribution in [2.45, 2.75) is 44.4 Å². The highest BCUT2D eigenvalue weighted by Gasteiger charge is 2.30. The van der Waals surface area contributed by atoms with E-state index in [9.17, 15) is 9.59 Å². The van der Waals surface area contributed by atoms with Gasteiger partial charge in [0.05, 0.1) is 5.56 Å². The average Bonchev–Trinajstić information content (AvgIpc) is 2.94. The predicted molar refractivity (Wildman–Crippen MR) is 89.8 cm³/mol. The molecule has 1 saturated carbocycles. The van der Waals surface area contributed by atoms with Gasteiger partial charge in [-0.3, -0.25) is 4.79 Å². The normalized spacial score (nSPS) is 20.9. The van der Waals surface area contributed by atoms with Gasteiger partial charge in [-0.2, -0.15) is 11.8 Å². The van der Waals surface area contributed by atoms with Crippen molar-refractivity contribution in [2.24, 2.45) is 0 Å². The van der Waals surface area contributed by atoms with Crippen LogP contribution in [0.3, 0.4) is 0 Å². The standard InChI is InChI=1S/C17H23NO3S/c1-4-22-15-6-5-14(10-15)18(3)16(19)12-7-11(2)8-13(9-12)17(20)21/h7-9,14-15H,4-6,10H2,1-3H3,(H,20,21). The van der Waals surface area contributed by atoms with Gasteiger partial charge in [0.15, 0.2) is 0 Å². The van der Waals surface area contributed by atoms with Crippen molar-refractivity contribution in [2.75, 3.05) is 12.8 Å². The lowest BCUT2D eigenvalue weighted by Gasteiger charge is -2.25. The van der Waals surface area contributed by atoms with E-state index in [0.29, 0.717) is 10.8 Å². The molecule has 1 N–H and O–H groups in total. The van der Waals surface area contributed by atoms with Gasteiger partial charge in [-0.25, -0.2) is 4.79 Å². The van der Waals surface area contributed by atoms with Crippen molar-refractivity contribution < 1.29 is 14.7 Å². The number of benzene rings is 1. The lowest BCUT2D eigenvalue weighted by molar-refractivity contribution is 0.0696. The fourth-order valence-corrected chi connectivity index (χ4v) is 4.19. The van der Waals surface area contributed by atoms with Crippen LogP contribution in [-0.2, 0) is 0 Å². The molecule has 0 aromatic heterocycles. The molecule has 120 valence electrons. The zero-order chi connectivity index (χ0) is 16.3. The summed E-state index contributed by atoms with van der Waals surface area (Å²) in [7, 11) is 1.83. The molecule has 5 heteroatoms. The van der Waals surface area contributed by atoms with Crippen LogP contribution in [0.2, 0.25) is 0 Å². The van der Waals surface area contributed by atoms with E-state index >= 15 is 0 Å². The van der Waals surface area contributed by atoms with Crippen LogP contribution in [0, 0.1) is 6.92 Å². The van der Waals surface area contributed by atoms with Crippen LogP contribution in [0.25, 0.3) is 0 Å². The summed E-state index contributed by atoms with van der Waals surface area (Å²) in [6.45, 7) is 3.97. The molecular formula is C17H23NO3S. The number of hydrogen-bond donors (Lipinski definition) is 1. The number of carboxylic acid groups (broad SMARTS) is 1. The van der Waals surface area contributed by atoms with Gasteiger partial charge >= 0.3 is 5.97 Å². The highest BCUT2D eigenvalue weighted by atomic mass is 32.2. The fraction of sp³-hybridized carbons (Fsp3) is 0.529. The maximum atomic E-state index is 12.6. The van der Waals surface area contributed by atoms with E-state index in [0.717, 1.165) is 30.6 Å². The molecule has 0 spiro atoms. The second-order valence-corrected chi connectivity index (χ2v) is 7.43. The van der Waals surface area contributed by atoms with Gasteiger partial charge in [0.2, 0.25) is 0 Å². The number of thioether (sulfide) groups is 1. The van der Waals surface area contributed by atoms with E-state index in [2.05, 4.69) is 6.92 Å². The molecule has 0 saturated heterocycles. The van der Waals surface area contributed by atoms with Gasteiger partial charge in [0, 0.05) is 23.9 Å². The number of amides is 1. The van der Waals surface area contributed by atoms with E-state index in [4.69, 9.17) is 5.11 Å². The fourth-order valence-electron chi connectivity index (χ4n) is 3.06. The molecule has 1 aliphatic rings. The average molecular weight is 321 g/mol. The lowest BCUT2D eigenvalue weighted by Crippen LogP contribution is -2.35. The van der Waals surface area contributed by atoms with E-state index in [-0.39, 0.29) is 17.5 Å². The zero-order valence-electron chi connectivity index (χ0n) is 13.3. The van der Waals surface area contributed by atoms with Crippen LogP contribution < -0.4 is 0 Å². The first-order chi connectivity index (χ1) is 10.4. The maximum Gasteiger partial charge on any atom is 0.335 e. The van der Waals surface area contributed by atoms with E-state index in [1.165, 1.54) is 6.07 Å². The number of nitrogens with zero attached hydrogens (tertiary/aromatic N) is 1. The Morgan fingerprint density at radius 2 is 1.95 bits per heavy atom. The molecule has 2 unspecified atom stereocenters. The highest BCUT2D eigenvalue weighted by molar-refractivity contribution is 7.99. The molecule has 0 aliphatic heterocycles. The third-order valence-corrected chi connectivity index (χ3v) is 5.43. The Kier molecular flexibility index (Phi) is 5.51. The first kappa shape index (κ1) is 16.9.